The van der Waals surface area contributed by atoms with E-state index in [-0.39, 0.29) is 11.9 Å². The molecule has 1 aliphatic heterocycles. The van der Waals surface area contributed by atoms with Gasteiger partial charge in [0.15, 0.2) is 16.6 Å². The number of nitrogens with zero attached hydrogens (tertiary/aromatic N) is 4. The van der Waals surface area contributed by atoms with E-state index in [2.05, 4.69) is 19.7 Å². The zero-order valence-corrected chi connectivity index (χ0v) is 16.4. The number of aromatic nitrogens is 4. The summed E-state index contributed by atoms with van der Waals surface area (Å²) in [4.78, 5) is 4.52. The van der Waals surface area contributed by atoms with Crippen molar-refractivity contribution in [1.29, 1.82) is 0 Å². The van der Waals surface area contributed by atoms with Gasteiger partial charge in [0, 0.05) is 12.2 Å². The van der Waals surface area contributed by atoms with E-state index in [0.29, 0.717) is 24.0 Å². The van der Waals surface area contributed by atoms with Gasteiger partial charge in [0.1, 0.15) is 11.3 Å². The van der Waals surface area contributed by atoms with Crippen LogP contribution in [0.25, 0.3) is 22.5 Å². The summed E-state index contributed by atoms with van der Waals surface area (Å²) in [6.07, 6.45) is 2.20. The second-order valence-corrected chi connectivity index (χ2v) is 7.87. The van der Waals surface area contributed by atoms with Crippen LogP contribution in [-0.2, 0) is 17.0 Å². The average Bonchev–Trinajstić information content (AvgIpc) is 3.47. The van der Waals surface area contributed by atoms with Crippen LogP contribution < -0.4 is 0 Å². The van der Waals surface area contributed by atoms with Crippen molar-refractivity contribution in [3.8, 4) is 11.4 Å². The van der Waals surface area contributed by atoms with Crippen LogP contribution in [-0.4, -0.2) is 32.5 Å². The molecule has 0 bridgehead atoms. The number of halogens is 1. The molecule has 2 aromatic carbocycles. The van der Waals surface area contributed by atoms with Crippen molar-refractivity contribution >= 4 is 22.9 Å². The lowest BCUT2D eigenvalue weighted by Gasteiger charge is -2.14. The van der Waals surface area contributed by atoms with Gasteiger partial charge in [-0.2, -0.15) is 0 Å². The Hall–Kier alpha value is -2.71. The number of thioether (sulfide) groups is 1. The Morgan fingerprint density at radius 3 is 2.76 bits per heavy atom. The fourth-order valence-electron chi connectivity index (χ4n) is 3.47. The summed E-state index contributed by atoms with van der Waals surface area (Å²) in [5, 5.41) is 9.53. The first-order valence-corrected chi connectivity index (χ1v) is 10.5. The minimum atomic E-state index is -0.274. The van der Waals surface area contributed by atoms with Crippen molar-refractivity contribution in [1.82, 2.24) is 19.7 Å². The zero-order chi connectivity index (χ0) is 19.6. The van der Waals surface area contributed by atoms with Crippen molar-refractivity contribution in [3.63, 3.8) is 0 Å². The van der Waals surface area contributed by atoms with Gasteiger partial charge in [-0.25, -0.2) is 9.37 Å². The first kappa shape index (κ1) is 18.3. The molecule has 0 amide bonds. The number of para-hydroxylation sites is 2. The molecular formula is C21H19FN4O2S. The summed E-state index contributed by atoms with van der Waals surface area (Å²) in [7, 11) is 0. The van der Waals surface area contributed by atoms with Crippen molar-refractivity contribution in [2.75, 3.05) is 6.61 Å². The number of rotatable bonds is 6. The standard InChI is InChI=1S/C21H19FN4O2S/c22-15-9-7-14(8-10-15)20-24-25-21(26(20)12-16-4-3-11-27-16)29-13-19-23-17-5-1-2-6-18(17)28-19/h1-2,5-10,16H,3-4,11-13H2/t16-/m1/s1. The smallest absolute Gasteiger partial charge is 0.205 e. The molecule has 29 heavy (non-hydrogen) atoms. The molecule has 8 heteroatoms. The van der Waals surface area contributed by atoms with Gasteiger partial charge in [0.05, 0.1) is 18.4 Å². The summed E-state index contributed by atoms with van der Waals surface area (Å²) in [5.74, 6) is 1.62. The maximum atomic E-state index is 13.3. The quantitative estimate of drug-likeness (QED) is 0.430. The van der Waals surface area contributed by atoms with E-state index < -0.39 is 0 Å². The van der Waals surface area contributed by atoms with Crippen molar-refractivity contribution in [3.05, 3.63) is 60.2 Å². The Bertz CT molecular complexity index is 1090. The van der Waals surface area contributed by atoms with Gasteiger partial charge in [-0.3, -0.25) is 4.57 Å². The Kier molecular flexibility index (Phi) is 5.03. The van der Waals surface area contributed by atoms with E-state index in [1.165, 1.54) is 23.9 Å². The van der Waals surface area contributed by atoms with Gasteiger partial charge in [-0.1, -0.05) is 23.9 Å². The van der Waals surface area contributed by atoms with Crippen LogP contribution in [0, 0.1) is 5.82 Å². The molecule has 4 aromatic rings. The Morgan fingerprint density at radius 1 is 1.10 bits per heavy atom. The lowest BCUT2D eigenvalue weighted by molar-refractivity contribution is 0.0953. The van der Waals surface area contributed by atoms with Gasteiger partial charge in [0.25, 0.3) is 0 Å². The minimum Gasteiger partial charge on any atom is -0.440 e. The molecule has 0 aliphatic carbocycles. The van der Waals surface area contributed by atoms with E-state index in [4.69, 9.17) is 9.15 Å². The summed E-state index contributed by atoms with van der Waals surface area (Å²) < 4.78 is 27.0. The van der Waals surface area contributed by atoms with E-state index in [1.807, 2.05) is 24.3 Å². The molecule has 3 heterocycles. The largest absolute Gasteiger partial charge is 0.440 e. The molecule has 0 spiro atoms. The molecule has 0 N–H and O–H groups in total. The molecule has 0 unspecified atom stereocenters. The average molecular weight is 410 g/mol. The molecule has 1 atom stereocenters. The van der Waals surface area contributed by atoms with Crippen LogP contribution in [0.4, 0.5) is 4.39 Å². The fraction of sp³-hybridized carbons (Fsp3) is 0.286. The number of hydrogen-bond acceptors (Lipinski definition) is 6. The van der Waals surface area contributed by atoms with Crippen molar-refractivity contribution in [2.24, 2.45) is 0 Å². The summed E-state index contributed by atoms with van der Waals surface area (Å²) in [6.45, 7) is 1.44. The number of benzene rings is 2. The Labute approximate surface area is 171 Å². The molecule has 1 fully saturated rings. The van der Waals surface area contributed by atoms with E-state index in [9.17, 15) is 4.39 Å². The lowest BCUT2D eigenvalue weighted by Crippen LogP contribution is -2.16. The molecule has 6 nitrogen and oxygen atoms in total. The van der Waals surface area contributed by atoms with Gasteiger partial charge < -0.3 is 9.15 Å². The maximum absolute atomic E-state index is 13.3. The van der Waals surface area contributed by atoms with Crippen LogP contribution in [0.5, 0.6) is 0 Å². The molecule has 1 aliphatic rings. The SMILES string of the molecule is Fc1ccc(-c2nnc(SCc3nc4ccccc4o3)n2C[C@H]2CCCO2)cc1. The molecule has 1 saturated heterocycles. The summed E-state index contributed by atoms with van der Waals surface area (Å²) >= 11 is 1.52. The fourth-order valence-corrected chi connectivity index (χ4v) is 4.26. The van der Waals surface area contributed by atoms with Crippen LogP contribution in [0.1, 0.15) is 18.7 Å². The lowest BCUT2D eigenvalue weighted by atomic mass is 10.2. The highest BCUT2D eigenvalue weighted by molar-refractivity contribution is 7.98. The topological polar surface area (TPSA) is 66.0 Å². The molecule has 2 aromatic heterocycles. The normalized spacial score (nSPS) is 16.7. The number of fused-ring (bicyclic) bond motifs is 1. The highest BCUT2D eigenvalue weighted by Gasteiger charge is 2.22. The van der Waals surface area contributed by atoms with Crippen molar-refractivity contribution in [2.45, 2.75) is 36.4 Å². The third-order valence-electron chi connectivity index (χ3n) is 4.89. The minimum absolute atomic E-state index is 0.133. The predicted molar refractivity (Wildman–Crippen MR) is 108 cm³/mol. The maximum Gasteiger partial charge on any atom is 0.205 e. The van der Waals surface area contributed by atoms with Gasteiger partial charge >= 0.3 is 0 Å². The van der Waals surface area contributed by atoms with E-state index in [0.717, 1.165) is 41.3 Å². The molecule has 5 rings (SSSR count). The Morgan fingerprint density at radius 2 is 1.97 bits per heavy atom. The summed E-state index contributed by atoms with van der Waals surface area (Å²) in [6, 6.07) is 14.0. The molecular weight excluding hydrogens is 391 g/mol. The van der Waals surface area contributed by atoms with Crippen molar-refractivity contribution < 1.29 is 13.5 Å². The van der Waals surface area contributed by atoms with Crippen LogP contribution in [0.2, 0.25) is 0 Å². The van der Waals surface area contributed by atoms with Crippen LogP contribution >= 0.6 is 11.8 Å². The third-order valence-corrected chi connectivity index (χ3v) is 5.84. The molecule has 0 saturated carbocycles. The Balaban J connectivity index is 1.42. The third kappa shape index (κ3) is 3.90. The second-order valence-electron chi connectivity index (χ2n) is 6.92. The summed E-state index contributed by atoms with van der Waals surface area (Å²) in [5.41, 5.74) is 2.44. The highest BCUT2D eigenvalue weighted by Crippen LogP contribution is 2.29. The molecule has 0 radical (unpaired) electrons. The first-order chi connectivity index (χ1) is 14.3. The predicted octanol–water partition coefficient (Wildman–Crippen LogP) is 4.70. The second kappa shape index (κ2) is 7.96. The van der Waals surface area contributed by atoms with Crippen LogP contribution in [0.3, 0.4) is 0 Å². The van der Waals surface area contributed by atoms with E-state index >= 15 is 0 Å². The monoisotopic (exact) mass is 410 g/mol. The van der Waals surface area contributed by atoms with Crippen LogP contribution in [0.15, 0.2) is 58.1 Å². The van der Waals surface area contributed by atoms with E-state index in [1.54, 1.807) is 12.1 Å². The van der Waals surface area contributed by atoms with Gasteiger partial charge in [-0.05, 0) is 49.2 Å². The molecule has 148 valence electrons. The van der Waals surface area contributed by atoms with Gasteiger partial charge in [-0.15, -0.1) is 10.2 Å². The number of oxazole rings is 1. The first-order valence-electron chi connectivity index (χ1n) is 9.54. The van der Waals surface area contributed by atoms with Gasteiger partial charge in [0.2, 0.25) is 5.89 Å². The zero-order valence-electron chi connectivity index (χ0n) is 15.6. The number of ether oxygens (including phenoxy) is 1. The number of hydrogen-bond donors (Lipinski definition) is 0. The highest BCUT2D eigenvalue weighted by atomic mass is 32.2.